The van der Waals surface area contributed by atoms with Crippen molar-refractivity contribution in [1.29, 1.82) is 0 Å². The van der Waals surface area contributed by atoms with Gasteiger partial charge in [0.1, 0.15) is 91.4 Å². The van der Waals surface area contributed by atoms with Gasteiger partial charge in [0.25, 0.3) is 11.8 Å². The molecular weight excluding hydrogens is 1400 g/mol. The van der Waals surface area contributed by atoms with E-state index in [9.17, 15) is 43.5 Å². The lowest BCUT2D eigenvalue weighted by molar-refractivity contribution is -0.0714. The highest BCUT2D eigenvalue weighted by Crippen LogP contribution is 2.48. The molecular formula is C57H73F12N11O15S3. The molecule has 0 amide bonds. The molecule has 5 saturated heterocycles. The second-order valence-electron chi connectivity index (χ2n) is 21.4. The van der Waals surface area contributed by atoms with E-state index in [4.69, 9.17) is 71.1 Å². The fourth-order valence-corrected chi connectivity index (χ4v) is 17.2. The van der Waals surface area contributed by atoms with Gasteiger partial charge in [-0.05, 0) is 73.9 Å². The number of ether oxygens (including phenoxy) is 8. The number of benzene rings is 3. The maximum absolute atomic E-state index is 15.1. The van der Waals surface area contributed by atoms with Crippen molar-refractivity contribution >= 4 is 36.0 Å². The number of phenols is 1. The average molecular weight is 1480 g/mol. The number of rotatable bonds is 13. The molecule has 9 atom stereocenters. The topological polar surface area (TPSA) is 320 Å². The van der Waals surface area contributed by atoms with Crippen molar-refractivity contribution in [2.24, 2.45) is 10.7 Å². The third-order valence-electron chi connectivity index (χ3n) is 16.1. The van der Waals surface area contributed by atoms with Gasteiger partial charge in [-0.15, -0.1) is 0 Å². The maximum Gasteiger partial charge on any atom is 0.259 e. The van der Waals surface area contributed by atoms with E-state index in [1.165, 1.54) is 78.9 Å². The molecule has 11 rings (SSSR count). The Balaban J connectivity index is 0.000000365. The molecule has 0 aliphatic carbocycles. The molecule has 41 heteroatoms. The normalized spacial score (nSPS) is 25.7. The summed E-state index contributed by atoms with van der Waals surface area (Å²) in [5.74, 6) is -4.57. The lowest BCUT2D eigenvalue weighted by Gasteiger charge is -2.52. The van der Waals surface area contributed by atoms with Gasteiger partial charge in [0.15, 0.2) is 0 Å². The summed E-state index contributed by atoms with van der Waals surface area (Å²) in [6, 6.07) is 10.9. The van der Waals surface area contributed by atoms with E-state index in [0.717, 1.165) is 56.2 Å². The third-order valence-corrected chi connectivity index (χ3v) is 22.9. The standard InChI is InChI=1S/C20H22F2N4O5S.C19H21F2N5O5S.C16H21FN2O5S.2CH4.3F2.FH/c1-12-25-20(10-30-14(9-29-3)7-18(20)32(27,28)26(12)2)15-6-13(4-5-16(15)21)31-19-17(22)8-23-11-24-19;1-26-18(22)25-19(9-30-12(8-29-2)6-16(19)32(26,27)28)13-5-11(3-4-14(13)20)31-17-15(21)7-23-10-24-17;1-10-18-16(13-6-11(20)4-5-14(13)17)9-24-12(8-23-3)7-15(16)25(21,22)19(10)2;;;3*1-2;/h4-6,8,11,14,18,25H,1,7,9-10H2,2-3H3;3-5,7,10,12,16H,6,8-9H2,1-2H3,(H2,22,25);4-6,12,15,18,20H,1,7-9H2,2-3H3;2*1H4;;;;1H/t14-,18-,20-;12-,16-,19-;12-,15-,16-;;;;;;/m111....../s1. The van der Waals surface area contributed by atoms with Crippen molar-refractivity contribution < 1.29 is 122 Å². The summed E-state index contributed by atoms with van der Waals surface area (Å²) in [5, 5.41) is 12.6. The SMILES string of the molecule is C.C.C=C1N[C@@]2(c3cc(O)ccc3F)CO[C@@H](COC)C[C@H]2S(=O)(=O)N1C.C=C1N[C@@]2(c3cc(Oc4ncncc4F)ccc3F)CO[C@@H](COC)C[C@H]2S(=O)(=O)N1C.COC[C@H]1C[C@@H]2[C@](c3cc(Oc4ncncc4F)ccc3F)(CO1)N=C(N)N(C)S2(=O)=O.F.FF.FF.FF. The first-order chi connectivity index (χ1) is 45.1. The molecule has 2 aromatic heterocycles. The van der Waals surface area contributed by atoms with E-state index >= 15 is 8.78 Å². The third kappa shape index (κ3) is 16.8. The number of hydrogen-bond acceptors (Lipinski definition) is 23. The summed E-state index contributed by atoms with van der Waals surface area (Å²) >= 11 is 0. The van der Waals surface area contributed by atoms with Crippen LogP contribution in [0.25, 0.3) is 0 Å². The average Bonchev–Trinajstić information content (AvgIpc) is 0.736. The van der Waals surface area contributed by atoms with E-state index < -0.39 is 110 Å². The highest BCUT2D eigenvalue weighted by atomic mass is 32.2. The lowest BCUT2D eigenvalue weighted by atomic mass is 9.82. The van der Waals surface area contributed by atoms with Crippen LogP contribution in [0.4, 0.5) is 54.1 Å². The first kappa shape index (κ1) is 84.2. The van der Waals surface area contributed by atoms with Crippen molar-refractivity contribution in [3.8, 4) is 29.0 Å². The number of methoxy groups -OCH3 is 3. The maximum atomic E-state index is 15.1. The quantitative estimate of drug-likeness (QED) is 0.0816. The molecule has 0 unspecified atom stereocenters. The summed E-state index contributed by atoms with van der Waals surface area (Å²) < 4.78 is 246. The molecule has 0 radical (unpaired) electrons. The largest absolute Gasteiger partial charge is 0.508 e. The Kier molecular flexibility index (Phi) is 30.2. The van der Waals surface area contributed by atoms with Crippen LogP contribution in [0.15, 0.2) is 109 Å². The van der Waals surface area contributed by atoms with Gasteiger partial charge >= 0.3 is 0 Å². The number of guanidine groups is 1. The summed E-state index contributed by atoms with van der Waals surface area (Å²) in [5.41, 5.74) is 1.28. The van der Waals surface area contributed by atoms with Crippen molar-refractivity contribution in [3.63, 3.8) is 0 Å². The molecule has 8 heterocycles. The molecule has 5 aromatic rings. The highest BCUT2D eigenvalue weighted by Gasteiger charge is 2.61. The van der Waals surface area contributed by atoms with E-state index in [0.29, 0.717) is 0 Å². The fraction of sp³-hybridized carbons (Fsp3) is 0.456. The molecule has 0 bridgehead atoms. The Morgan fingerprint density at radius 3 is 1.33 bits per heavy atom. The molecule has 548 valence electrons. The number of nitrogens with one attached hydrogen (secondary N) is 2. The van der Waals surface area contributed by atoms with Crippen molar-refractivity contribution in [1.82, 2.24) is 43.5 Å². The van der Waals surface area contributed by atoms with Crippen LogP contribution in [0.5, 0.6) is 29.0 Å². The van der Waals surface area contributed by atoms with E-state index in [1.807, 2.05) is 0 Å². The number of sulfonamides is 3. The second-order valence-corrected chi connectivity index (χ2v) is 27.8. The van der Waals surface area contributed by atoms with Gasteiger partial charge in [-0.3, -0.25) is 13.3 Å². The molecule has 98 heavy (non-hydrogen) atoms. The van der Waals surface area contributed by atoms with Gasteiger partial charge in [-0.2, -0.15) is 18.7 Å². The van der Waals surface area contributed by atoms with Crippen molar-refractivity contribution in [2.45, 2.75) is 84.8 Å². The summed E-state index contributed by atoms with van der Waals surface area (Å²) in [7, 11) is -3.22. The molecule has 3 aromatic carbocycles. The van der Waals surface area contributed by atoms with Gasteiger partial charge in [0.2, 0.25) is 47.7 Å². The van der Waals surface area contributed by atoms with Crippen LogP contribution in [0.2, 0.25) is 0 Å². The Morgan fingerprint density at radius 2 is 0.918 bits per heavy atom. The van der Waals surface area contributed by atoms with Crippen LogP contribution in [-0.4, -0.2) is 185 Å². The minimum atomic E-state index is -4.01. The number of nitrogens with two attached hydrogens (primary N) is 1. The minimum Gasteiger partial charge on any atom is -0.508 e. The van der Waals surface area contributed by atoms with E-state index in [1.54, 1.807) is 0 Å². The number of hydrogen-bond donors (Lipinski definition) is 4. The van der Waals surface area contributed by atoms with Crippen LogP contribution in [0.3, 0.4) is 0 Å². The zero-order valence-corrected chi connectivity index (χ0v) is 53.8. The fourth-order valence-electron chi connectivity index (χ4n) is 11.4. The zero-order valence-electron chi connectivity index (χ0n) is 51.4. The summed E-state index contributed by atoms with van der Waals surface area (Å²) in [4.78, 5) is 18.9. The van der Waals surface area contributed by atoms with Crippen molar-refractivity contribution in [2.75, 3.05) is 82.1 Å². The monoisotopic (exact) mass is 1480 g/mol. The zero-order chi connectivity index (χ0) is 70.6. The molecule has 0 saturated carbocycles. The number of halogens is 12. The van der Waals surface area contributed by atoms with Crippen LogP contribution in [0, 0.1) is 29.1 Å². The van der Waals surface area contributed by atoms with Crippen LogP contribution < -0.4 is 25.8 Å². The summed E-state index contributed by atoms with van der Waals surface area (Å²) in [6.07, 6.45) is 2.78. The minimum absolute atomic E-state index is 0. The van der Waals surface area contributed by atoms with Crippen molar-refractivity contribution in [3.05, 3.63) is 150 Å². The van der Waals surface area contributed by atoms with Crippen LogP contribution >= 0.6 is 0 Å². The smallest absolute Gasteiger partial charge is 0.259 e. The molecule has 5 fully saturated rings. The molecule has 26 nitrogen and oxygen atoms in total. The predicted molar refractivity (Wildman–Crippen MR) is 329 cm³/mol. The first-order valence-corrected chi connectivity index (χ1v) is 31.9. The first-order valence-electron chi connectivity index (χ1n) is 27.4. The van der Waals surface area contributed by atoms with Gasteiger partial charge in [-0.25, -0.2) is 57.7 Å². The van der Waals surface area contributed by atoms with Crippen LogP contribution in [-0.2, 0) is 75.1 Å². The van der Waals surface area contributed by atoms with Crippen LogP contribution in [0.1, 0.15) is 50.8 Å². The number of aromatic hydroxyl groups is 1. The second kappa shape index (κ2) is 35.1. The van der Waals surface area contributed by atoms with Gasteiger partial charge in [0, 0.05) is 86.6 Å². The van der Waals surface area contributed by atoms with E-state index in [2.05, 4.69) is 48.7 Å². The van der Waals surface area contributed by atoms with E-state index in [-0.39, 0.29) is 142 Å². The molecule has 0 spiro atoms. The van der Waals surface area contributed by atoms with Gasteiger partial charge < -0.3 is 59.4 Å². The summed E-state index contributed by atoms with van der Waals surface area (Å²) in [6.45, 7) is 7.55. The number of phenolic OH excluding ortho intramolecular Hbond substituents is 1. The molecule has 6 aliphatic heterocycles. The number of nitrogens with zero attached hydrogens (tertiary/aromatic N) is 8. The number of aliphatic imine (C=N–C) groups is 1. The van der Waals surface area contributed by atoms with Gasteiger partial charge in [-0.1, -0.05) is 28.0 Å². The Labute approximate surface area is 556 Å². The number of fused-ring (bicyclic) bond motifs is 3. The lowest BCUT2D eigenvalue weighted by Crippen LogP contribution is -2.68. The Morgan fingerprint density at radius 1 is 0.561 bits per heavy atom. The molecule has 6 aliphatic rings. The predicted octanol–water partition coefficient (Wildman–Crippen LogP) is 7.83. The van der Waals surface area contributed by atoms with Gasteiger partial charge in [0.05, 0.1) is 70.3 Å². The number of aromatic nitrogens is 4. The Hall–Kier alpha value is -8.06. The highest BCUT2D eigenvalue weighted by molar-refractivity contribution is 7.90. The molecule has 5 N–H and O–H groups in total. The Bertz CT molecular complexity index is 3900.